The fraction of sp³-hybridized carbons (Fsp3) is 0.400. The van der Waals surface area contributed by atoms with E-state index in [1.165, 1.54) is 6.08 Å². The Hall–Kier alpha value is -1.77. The molecule has 1 amide bonds. The van der Waals surface area contributed by atoms with Gasteiger partial charge in [0.05, 0.1) is 6.10 Å². The second-order valence-electron chi connectivity index (χ2n) is 4.74. The molecule has 0 aliphatic rings. The first-order valence-corrected chi connectivity index (χ1v) is 6.22. The van der Waals surface area contributed by atoms with Gasteiger partial charge in [-0.2, -0.15) is 0 Å². The number of hydrogen-bond acceptors (Lipinski definition) is 2. The van der Waals surface area contributed by atoms with Crippen LogP contribution in [-0.2, 0) is 4.79 Å². The summed E-state index contributed by atoms with van der Waals surface area (Å²) in [5.41, 5.74) is 0.951. The normalized spacial score (nSPS) is 11.2. The molecule has 0 unspecified atom stereocenters. The van der Waals surface area contributed by atoms with Crippen molar-refractivity contribution in [1.29, 1.82) is 0 Å². The van der Waals surface area contributed by atoms with Gasteiger partial charge in [-0.05, 0) is 51.5 Å². The fourth-order valence-corrected chi connectivity index (χ4v) is 1.47. The maximum Gasteiger partial charge on any atom is 0.244 e. The summed E-state index contributed by atoms with van der Waals surface area (Å²) in [5.74, 6) is 0.733. The van der Waals surface area contributed by atoms with Gasteiger partial charge in [0.2, 0.25) is 5.91 Å². The van der Waals surface area contributed by atoms with E-state index in [4.69, 9.17) is 4.74 Å². The predicted molar refractivity (Wildman–Crippen MR) is 74.5 cm³/mol. The lowest BCUT2D eigenvalue weighted by atomic mass is 10.2. The first kappa shape index (κ1) is 14.3. The van der Waals surface area contributed by atoms with Crippen LogP contribution in [-0.4, -0.2) is 18.1 Å². The zero-order chi connectivity index (χ0) is 13.5. The molecule has 0 radical (unpaired) electrons. The molecule has 0 saturated heterocycles. The lowest BCUT2D eigenvalue weighted by molar-refractivity contribution is -0.116. The van der Waals surface area contributed by atoms with Crippen LogP contribution in [0.3, 0.4) is 0 Å². The Morgan fingerprint density at radius 2 is 2.00 bits per heavy atom. The lowest BCUT2D eigenvalue weighted by Crippen LogP contribution is -2.28. The highest BCUT2D eigenvalue weighted by molar-refractivity contribution is 5.91. The van der Waals surface area contributed by atoms with E-state index >= 15 is 0 Å². The van der Waals surface area contributed by atoms with Gasteiger partial charge in [-0.3, -0.25) is 4.79 Å². The molecule has 1 aromatic rings. The van der Waals surface area contributed by atoms with Gasteiger partial charge in [0.15, 0.2) is 0 Å². The Kier molecular flexibility index (Phi) is 5.43. The van der Waals surface area contributed by atoms with Crippen LogP contribution in [0.2, 0.25) is 0 Å². The van der Waals surface area contributed by atoms with Gasteiger partial charge in [-0.15, -0.1) is 0 Å². The molecule has 0 aliphatic heterocycles. The minimum Gasteiger partial charge on any atom is -0.491 e. The topological polar surface area (TPSA) is 38.3 Å². The molecule has 0 bridgehead atoms. The fourth-order valence-electron chi connectivity index (χ4n) is 1.47. The van der Waals surface area contributed by atoms with E-state index in [1.807, 2.05) is 52.0 Å². The Labute approximate surface area is 109 Å². The molecule has 1 rings (SSSR count). The van der Waals surface area contributed by atoms with Crippen molar-refractivity contribution in [3.8, 4) is 5.75 Å². The summed E-state index contributed by atoms with van der Waals surface area (Å²) in [7, 11) is 0. The summed E-state index contributed by atoms with van der Waals surface area (Å²) >= 11 is 0. The Bertz CT molecular complexity index is 422. The van der Waals surface area contributed by atoms with Crippen molar-refractivity contribution in [2.75, 3.05) is 0 Å². The smallest absolute Gasteiger partial charge is 0.244 e. The minimum atomic E-state index is -0.0832. The average molecular weight is 247 g/mol. The van der Waals surface area contributed by atoms with E-state index in [1.54, 1.807) is 6.08 Å². The number of ether oxygens (including phenoxy) is 1. The number of amides is 1. The average Bonchev–Trinajstić information content (AvgIpc) is 2.25. The standard InChI is InChI=1S/C15H21NO2/c1-11(2)16-15(17)9-8-13-6-5-7-14(10-13)18-12(3)4/h5-12H,1-4H3,(H,16,17)/b9-8+. The van der Waals surface area contributed by atoms with Crippen molar-refractivity contribution >= 4 is 12.0 Å². The van der Waals surface area contributed by atoms with E-state index in [2.05, 4.69) is 5.32 Å². The third-order valence-electron chi connectivity index (χ3n) is 2.09. The molecule has 98 valence electrons. The van der Waals surface area contributed by atoms with Gasteiger partial charge in [0.25, 0.3) is 0 Å². The van der Waals surface area contributed by atoms with E-state index in [-0.39, 0.29) is 18.1 Å². The highest BCUT2D eigenvalue weighted by Gasteiger charge is 1.99. The Morgan fingerprint density at radius 3 is 2.61 bits per heavy atom. The van der Waals surface area contributed by atoms with Gasteiger partial charge in [-0.1, -0.05) is 12.1 Å². The monoisotopic (exact) mass is 247 g/mol. The number of hydrogen-bond donors (Lipinski definition) is 1. The number of rotatable bonds is 5. The van der Waals surface area contributed by atoms with Crippen LogP contribution in [0.1, 0.15) is 33.3 Å². The molecule has 3 nitrogen and oxygen atoms in total. The number of benzene rings is 1. The summed E-state index contributed by atoms with van der Waals surface area (Å²) in [6.45, 7) is 7.84. The second kappa shape index (κ2) is 6.84. The van der Waals surface area contributed by atoms with Crippen molar-refractivity contribution < 1.29 is 9.53 Å². The SMILES string of the molecule is CC(C)NC(=O)/C=C/c1cccc(OC(C)C)c1. The highest BCUT2D eigenvalue weighted by atomic mass is 16.5. The number of nitrogens with one attached hydrogen (secondary N) is 1. The maximum absolute atomic E-state index is 11.5. The summed E-state index contributed by atoms with van der Waals surface area (Å²) in [6.07, 6.45) is 3.47. The maximum atomic E-state index is 11.5. The molecular weight excluding hydrogens is 226 g/mol. The molecule has 1 N–H and O–H groups in total. The molecule has 0 fully saturated rings. The summed E-state index contributed by atoms with van der Waals surface area (Å²) < 4.78 is 5.59. The van der Waals surface area contributed by atoms with E-state index in [0.29, 0.717) is 0 Å². The summed E-state index contributed by atoms with van der Waals surface area (Å²) in [6, 6.07) is 7.83. The second-order valence-corrected chi connectivity index (χ2v) is 4.74. The molecule has 0 saturated carbocycles. The third kappa shape index (κ3) is 5.53. The largest absolute Gasteiger partial charge is 0.491 e. The van der Waals surface area contributed by atoms with Gasteiger partial charge < -0.3 is 10.1 Å². The summed E-state index contributed by atoms with van der Waals surface area (Å²) in [4.78, 5) is 11.5. The van der Waals surface area contributed by atoms with Gasteiger partial charge in [0.1, 0.15) is 5.75 Å². The molecular formula is C15H21NO2. The van der Waals surface area contributed by atoms with Crippen molar-refractivity contribution in [3.63, 3.8) is 0 Å². The third-order valence-corrected chi connectivity index (χ3v) is 2.09. The van der Waals surface area contributed by atoms with Crippen molar-refractivity contribution in [3.05, 3.63) is 35.9 Å². The zero-order valence-corrected chi connectivity index (χ0v) is 11.4. The Balaban J connectivity index is 2.67. The Morgan fingerprint density at radius 1 is 1.28 bits per heavy atom. The molecule has 3 heteroatoms. The molecule has 18 heavy (non-hydrogen) atoms. The number of carbonyl (C=O) groups is 1. The number of carbonyl (C=O) groups excluding carboxylic acids is 1. The molecule has 0 spiro atoms. The van der Waals surface area contributed by atoms with Crippen molar-refractivity contribution in [2.45, 2.75) is 39.8 Å². The van der Waals surface area contributed by atoms with E-state index in [0.717, 1.165) is 11.3 Å². The van der Waals surface area contributed by atoms with Crippen LogP contribution in [0.15, 0.2) is 30.3 Å². The summed E-state index contributed by atoms with van der Waals surface area (Å²) in [5, 5.41) is 2.80. The van der Waals surface area contributed by atoms with Crippen molar-refractivity contribution in [1.82, 2.24) is 5.32 Å². The van der Waals surface area contributed by atoms with Crippen LogP contribution in [0.5, 0.6) is 5.75 Å². The molecule has 1 aromatic carbocycles. The minimum absolute atomic E-state index is 0.0832. The highest BCUT2D eigenvalue weighted by Crippen LogP contribution is 2.15. The first-order valence-electron chi connectivity index (χ1n) is 6.22. The molecule has 0 heterocycles. The molecule has 0 aliphatic carbocycles. The zero-order valence-electron chi connectivity index (χ0n) is 11.4. The lowest BCUT2D eigenvalue weighted by Gasteiger charge is -2.09. The van der Waals surface area contributed by atoms with Crippen LogP contribution in [0.25, 0.3) is 6.08 Å². The van der Waals surface area contributed by atoms with E-state index in [9.17, 15) is 4.79 Å². The predicted octanol–water partition coefficient (Wildman–Crippen LogP) is 3.01. The van der Waals surface area contributed by atoms with Crippen LogP contribution >= 0.6 is 0 Å². The first-order chi connectivity index (χ1) is 8.47. The van der Waals surface area contributed by atoms with Crippen LogP contribution in [0, 0.1) is 0 Å². The van der Waals surface area contributed by atoms with Crippen LogP contribution < -0.4 is 10.1 Å². The quantitative estimate of drug-likeness (QED) is 0.812. The van der Waals surface area contributed by atoms with Gasteiger partial charge >= 0.3 is 0 Å². The van der Waals surface area contributed by atoms with Crippen LogP contribution in [0.4, 0.5) is 0 Å². The van der Waals surface area contributed by atoms with Crippen molar-refractivity contribution in [2.24, 2.45) is 0 Å². The molecule has 0 atom stereocenters. The van der Waals surface area contributed by atoms with Gasteiger partial charge in [0, 0.05) is 12.1 Å². The van der Waals surface area contributed by atoms with E-state index < -0.39 is 0 Å². The van der Waals surface area contributed by atoms with Gasteiger partial charge in [-0.25, -0.2) is 0 Å². The molecule has 0 aromatic heterocycles.